The summed E-state index contributed by atoms with van der Waals surface area (Å²) in [4.78, 5) is 2.49. The van der Waals surface area contributed by atoms with Crippen LogP contribution in [0.2, 0.25) is 5.02 Å². The molecule has 1 atom stereocenters. The Morgan fingerprint density at radius 3 is 2.37 bits per heavy atom. The average Bonchev–Trinajstić information content (AvgIpc) is 3.14. The maximum absolute atomic E-state index is 6.25. The summed E-state index contributed by atoms with van der Waals surface area (Å²) in [6.07, 6.45) is 3.23. The number of aryl methyl sites for hydroxylation is 1. The molecule has 0 saturated heterocycles. The molecule has 5 nitrogen and oxygen atoms in total. The molecule has 3 aromatic rings. The predicted octanol–water partition coefficient (Wildman–Crippen LogP) is 5.16. The van der Waals surface area contributed by atoms with Gasteiger partial charge in [0.1, 0.15) is 0 Å². The van der Waals surface area contributed by atoms with Gasteiger partial charge in [-0.15, -0.1) is 0 Å². The molecule has 4 rings (SSSR count). The van der Waals surface area contributed by atoms with Gasteiger partial charge < -0.3 is 18.8 Å². The SMILES string of the molecule is COc1cc(C2c3cccn3CCCN2Cc2cccc(Cl)c2)cc(OC)c1OC. The van der Waals surface area contributed by atoms with E-state index in [0.717, 1.165) is 36.6 Å². The topological polar surface area (TPSA) is 35.9 Å². The molecule has 0 saturated carbocycles. The molecular weight excluding hydrogens is 400 g/mol. The molecule has 0 N–H and O–H groups in total. The number of fused-ring (bicyclic) bond motifs is 1. The van der Waals surface area contributed by atoms with Crippen molar-refractivity contribution < 1.29 is 14.2 Å². The molecule has 1 unspecified atom stereocenters. The van der Waals surface area contributed by atoms with E-state index in [-0.39, 0.29) is 6.04 Å². The second-order valence-electron chi connectivity index (χ2n) is 7.44. The molecule has 2 aromatic carbocycles. The number of ether oxygens (including phenoxy) is 3. The van der Waals surface area contributed by atoms with Gasteiger partial charge in [0.05, 0.1) is 27.4 Å². The Kier molecular flexibility index (Phi) is 6.21. The molecule has 2 heterocycles. The zero-order chi connectivity index (χ0) is 21.1. The Hall–Kier alpha value is -2.63. The minimum atomic E-state index is 0.0511. The second kappa shape index (κ2) is 9.02. The molecule has 1 aliphatic heterocycles. The summed E-state index contributed by atoms with van der Waals surface area (Å²) in [7, 11) is 4.93. The first kappa shape index (κ1) is 20.6. The predicted molar refractivity (Wildman–Crippen MR) is 119 cm³/mol. The molecule has 30 heavy (non-hydrogen) atoms. The number of hydrogen-bond acceptors (Lipinski definition) is 4. The van der Waals surface area contributed by atoms with Crippen LogP contribution in [-0.4, -0.2) is 37.3 Å². The van der Waals surface area contributed by atoms with Gasteiger partial charge in [-0.2, -0.15) is 0 Å². The molecular formula is C24H27ClN2O3. The van der Waals surface area contributed by atoms with Gasteiger partial charge >= 0.3 is 0 Å². The van der Waals surface area contributed by atoms with Gasteiger partial charge in [0, 0.05) is 36.5 Å². The Morgan fingerprint density at radius 2 is 1.70 bits per heavy atom. The molecule has 1 aliphatic rings. The summed E-state index contributed by atoms with van der Waals surface area (Å²) in [5, 5.41) is 0.759. The van der Waals surface area contributed by atoms with E-state index < -0.39 is 0 Å². The molecule has 0 fully saturated rings. The fraction of sp³-hybridized carbons (Fsp3) is 0.333. The summed E-state index contributed by atoms with van der Waals surface area (Å²) in [5.74, 6) is 1.93. The fourth-order valence-electron chi connectivity index (χ4n) is 4.32. The molecule has 0 spiro atoms. The van der Waals surface area contributed by atoms with Crippen LogP contribution in [0.15, 0.2) is 54.7 Å². The second-order valence-corrected chi connectivity index (χ2v) is 7.88. The third-order valence-corrected chi connectivity index (χ3v) is 5.87. The lowest BCUT2D eigenvalue weighted by Gasteiger charge is -2.31. The van der Waals surface area contributed by atoms with Crippen molar-refractivity contribution in [2.45, 2.75) is 25.6 Å². The first-order valence-electron chi connectivity index (χ1n) is 10.1. The quantitative estimate of drug-likeness (QED) is 0.545. The van der Waals surface area contributed by atoms with Gasteiger partial charge in [0.25, 0.3) is 0 Å². The lowest BCUT2D eigenvalue weighted by molar-refractivity contribution is 0.219. The van der Waals surface area contributed by atoms with Crippen molar-refractivity contribution in [1.82, 2.24) is 9.47 Å². The molecule has 0 radical (unpaired) electrons. The van der Waals surface area contributed by atoms with Crippen molar-refractivity contribution in [1.29, 1.82) is 0 Å². The van der Waals surface area contributed by atoms with E-state index in [1.165, 1.54) is 11.3 Å². The van der Waals surface area contributed by atoms with Gasteiger partial charge in [-0.1, -0.05) is 23.7 Å². The van der Waals surface area contributed by atoms with Crippen molar-refractivity contribution in [2.75, 3.05) is 27.9 Å². The maximum Gasteiger partial charge on any atom is 0.203 e. The average molecular weight is 427 g/mol. The normalized spacial score (nSPS) is 16.6. The number of halogens is 1. The van der Waals surface area contributed by atoms with Crippen LogP contribution >= 0.6 is 11.6 Å². The highest BCUT2D eigenvalue weighted by atomic mass is 35.5. The third kappa shape index (κ3) is 4.00. The highest BCUT2D eigenvalue weighted by Gasteiger charge is 2.29. The summed E-state index contributed by atoms with van der Waals surface area (Å²) in [6.45, 7) is 2.76. The molecule has 0 bridgehead atoms. The number of hydrogen-bond donors (Lipinski definition) is 0. The number of aromatic nitrogens is 1. The standard InChI is InChI=1S/C24H27ClN2O3/c1-28-21-14-18(15-22(29-2)24(21)30-3)23-20-9-5-10-26(20)11-6-12-27(23)16-17-7-4-8-19(25)13-17/h4-5,7-10,13-15,23H,6,11-12,16H2,1-3H3. The molecule has 0 aliphatic carbocycles. The number of methoxy groups -OCH3 is 3. The molecule has 158 valence electrons. The smallest absolute Gasteiger partial charge is 0.203 e. The minimum absolute atomic E-state index is 0.0511. The van der Waals surface area contributed by atoms with Gasteiger partial charge in [0.2, 0.25) is 5.75 Å². The number of benzene rings is 2. The summed E-state index contributed by atoms with van der Waals surface area (Å²) in [6, 6.07) is 16.6. The van der Waals surface area contributed by atoms with Crippen molar-refractivity contribution in [3.8, 4) is 17.2 Å². The molecule has 6 heteroatoms. The van der Waals surface area contributed by atoms with Crippen molar-refractivity contribution in [3.05, 3.63) is 76.6 Å². The monoisotopic (exact) mass is 426 g/mol. The van der Waals surface area contributed by atoms with E-state index >= 15 is 0 Å². The van der Waals surface area contributed by atoms with Crippen molar-refractivity contribution >= 4 is 11.6 Å². The van der Waals surface area contributed by atoms with E-state index in [2.05, 4.69) is 46.0 Å². The van der Waals surface area contributed by atoms with E-state index in [1.54, 1.807) is 21.3 Å². The van der Waals surface area contributed by atoms with Crippen LogP contribution < -0.4 is 14.2 Å². The van der Waals surface area contributed by atoms with Crippen LogP contribution in [0.5, 0.6) is 17.2 Å². The van der Waals surface area contributed by atoms with Crippen LogP contribution in [0.4, 0.5) is 0 Å². The Morgan fingerprint density at radius 1 is 0.933 bits per heavy atom. The lowest BCUT2D eigenvalue weighted by Crippen LogP contribution is -2.29. The van der Waals surface area contributed by atoms with Crippen LogP contribution in [0.3, 0.4) is 0 Å². The van der Waals surface area contributed by atoms with Crippen molar-refractivity contribution in [3.63, 3.8) is 0 Å². The highest BCUT2D eigenvalue weighted by molar-refractivity contribution is 6.30. The van der Waals surface area contributed by atoms with Gasteiger partial charge in [0.15, 0.2) is 11.5 Å². The van der Waals surface area contributed by atoms with Crippen LogP contribution in [0.1, 0.15) is 29.3 Å². The number of rotatable bonds is 6. The largest absolute Gasteiger partial charge is 0.493 e. The van der Waals surface area contributed by atoms with E-state index in [9.17, 15) is 0 Å². The molecule has 1 aromatic heterocycles. The summed E-state index contributed by atoms with van der Waals surface area (Å²) >= 11 is 6.25. The Bertz CT molecular complexity index is 992. The summed E-state index contributed by atoms with van der Waals surface area (Å²) in [5.41, 5.74) is 3.55. The van der Waals surface area contributed by atoms with Gasteiger partial charge in [-0.05, 0) is 53.9 Å². The van der Waals surface area contributed by atoms with E-state index in [0.29, 0.717) is 17.2 Å². The van der Waals surface area contributed by atoms with Gasteiger partial charge in [-0.3, -0.25) is 4.90 Å². The molecule has 0 amide bonds. The van der Waals surface area contributed by atoms with Gasteiger partial charge in [-0.25, -0.2) is 0 Å². The first-order chi connectivity index (χ1) is 14.6. The zero-order valence-corrected chi connectivity index (χ0v) is 18.4. The Balaban J connectivity index is 1.82. The van der Waals surface area contributed by atoms with E-state index in [4.69, 9.17) is 25.8 Å². The highest BCUT2D eigenvalue weighted by Crippen LogP contribution is 2.43. The third-order valence-electron chi connectivity index (χ3n) is 5.63. The fourth-order valence-corrected chi connectivity index (χ4v) is 4.53. The maximum atomic E-state index is 6.25. The van der Waals surface area contributed by atoms with Crippen molar-refractivity contribution in [2.24, 2.45) is 0 Å². The van der Waals surface area contributed by atoms with Crippen LogP contribution in [0.25, 0.3) is 0 Å². The minimum Gasteiger partial charge on any atom is -0.493 e. The summed E-state index contributed by atoms with van der Waals surface area (Å²) < 4.78 is 19.1. The number of nitrogens with zero attached hydrogens (tertiary/aromatic N) is 2. The van der Waals surface area contributed by atoms with E-state index in [1.807, 2.05) is 18.2 Å². The lowest BCUT2D eigenvalue weighted by atomic mass is 9.99. The zero-order valence-electron chi connectivity index (χ0n) is 17.6. The first-order valence-corrected chi connectivity index (χ1v) is 10.5. The van der Waals surface area contributed by atoms with Crippen LogP contribution in [0, 0.1) is 0 Å². The Labute approximate surface area is 182 Å². The van der Waals surface area contributed by atoms with Crippen LogP contribution in [-0.2, 0) is 13.1 Å².